The van der Waals surface area contributed by atoms with Crippen molar-refractivity contribution in [3.8, 4) is 0 Å². The Labute approximate surface area is 190 Å². The van der Waals surface area contributed by atoms with Gasteiger partial charge in [0.05, 0.1) is 12.6 Å². The number of rotatable bonds is 20. The fourth-order valence-corrected chi connectivity index (χ4v) is 4.79. The summed E-state index contributed by atoms with van der Waals surface area (Å²) in [6.45, 7) is 2.84. The number of unbranched alkanes of at least 4 members (excludes halogenated alkanes) is 13. The molecule has 5 N–H and O–H groups in total. The maximum Gasteiger partial charge on any atom is 0.400 e. The van der Waals surface area contributed by atoms with E-state index in [0.717, 1.165) is 12.8 Å². The molecule has 0 aromatic carbocycles. The molecule has 0 saturated carbocycles. The second-order valence-corrected chi connectivity index (χ2v) is 10.1. The molecule has 3 unspecified atom stereocenters. The Hall–Kier alpha value is 0.0149. The molecule has 184 valence electrons. The first-order valence-corrected chi connectivity index (χ1v) is 13.9. The van der Waals surface area contributed by atoms with Crippen molar-refractivity contribution in [1.29, 1.82) is 0 Å². The first-order chi connectivity index (χ1) is 14.9. The maximum atomic E-state index is 11.5. The molecule has 1 heterocycles. The highest BCUT2D eigenvalue weighted by Gasteiger charge is 2.46. The predicted molar refractivity (Wildman–Crippen MR) is 126 cm³/mol. The Morgan fingerprint density at radius 2 is 1.39 bits per heavy atom. The summed E-state index contributed by atoms with van der Waals surface area (Å²) in [6, 6.07) is -0.302. The van der Waals surface area contributed by atoms with Crippen LogP contribution >= 0.6 is 7.75 Å². The first kappa shape index (κ1) is 29.0. The summed E-state index contributed by atoms with van der Waals surface area (Å²) in [5.41, 5.74) is 5.17. The molecule has 0 radical (unpaired) electrons. The third-order valence-corrected chi connectivity index (χ3v) is 6.43. The van der Waals surface area contributed by atoms with Gasteiger partial charge in [-0.3, -0.25) is 4.52 Å². The lowest BCUT2D eigenvalue weighted by molar-refractivity contribution is -0.0343. The zero-order chi connectivity index (χ0) is 23.0. The van der Waals surface area contributed by atoms with Gasteiger partial charge in [0.15, 0.2) is 0 Å². The summed E-state index contributed by atoms with van der Waals surface area (Å²) >= 11 is 0. The van der Waals surface area contributed by atoms with Crippen molar-refractivity contribution < 1.29 is 28.3 Å². The zero-order valence-electron chi connectivity index (χ0n) is 19.7. The Morgan fingerprint density at radius 3 is 1.84 bits per heavy atom. The zero-order valence-corrected chi connectivity index (χ0v) is 20.6. The third-order valence-electron chi connectivity index (χ3n) is 5.88. The van der Waals surface area contributed by atoms with E-state index in [4.69, 9.17) is 25.4 Å². The maximum absolute atomic E-state index is 11.5. The fraction of sp³-hybridized carbons (Fsp3) is 1.00. The van der Waals surface area contributed by atoms with Crippen LogP contribution in [0.2, 0.25) is 0 Å². The molecule has 0 amide bonds. The Kier molecular flexibility index (Phi) is 16.4. The largest absolute Gasteiger partial charge is 0.400 e. The summed E-state index contributed by atoms with van der Waals surface area (Å²) in [6.07, 6.45) is 16.3. The first-order valence-electron chi connectivity index (χ1n) is 12.3. The highest BCUT2D eigenvalue weighted by Crippen LogP contribution is 2.39. The van der Waals surface area contributed by atoms with Gasteiger partial charge in [0, 0.05) is 6.61 Å². The van der Waals surface area contributed by atoms with E-state index in [0.29, 0.717) is 6.61 Å². The van der Waals surface area contributed by atoms with Crippen LogP contribution in [0.3, 0.4) is 0 Å². The van der Waals surface area contributed by atoms with Gasteiger partial charge in [-0.1, -0.05) is 90.4 Å². The molecule has 10 heteroatoms. The van der Waals surface area contributed by atoms with Crippen LogP contribution in [0.25, 0.3) is 0 Å². The summed E-state index contributed by atoms with van der Waals surface area (Å²) in [5.74, 6) is 5.12. The van der Waals surface area contributed by atoms with Crippen LogP contribution in [0.4, 0.5) is 0 Å². The molecule has 5 atom stereocenters. The van der Waals surface area contributed by atoms with Gasteiger partial charge in [0.2, 0.25) is 0 Å². The highest BCUT2D eigenvalue weighted by atomic mass is 31.2. The molecule has 0 bridgehead atoms. The minimum absolute atomic E-state index is 0.0354. The van der Waals surface area contributed by atoms with Crippen molar-refractivity contribution in [3.63, 3.8) is 0 Å². The molecule has 1 aliphatic rings. The molecule has 31 heavy (non-hydrogen) atoms. The van der Waals surface area contributed by atoms with E-state index in [1.54, 1.807) is 0 Å². The molecule has 1 aliphatic heterocycles. The van der Waals surface area contributed by atoms with Gasteiger partial charge in [-0.15, -0.1) is 0 Å². The monoisotopic (exact) mass is 464 g/mol. The molecular weight excluding hydrogens is 418 g/mol. The van der Waals surface area contributed by atoms with E-state index >= 15 is 0 Å². The molecule has 1 saturated heterocycles. The van der Waals surface area contributed by atoms with Crippen molar-refractivity contribution in [2.75, 3.05) is 13.2 Å². The summed E-state index contributed by atoms with van der Waals surface area (Å²) in [7, 11) is -2.34. The average Bonchev–Trinajstić information content (AvgIpc) is 2.98. The van der Waals surface area contributed by atoms with Gasteiger partial charge in [0.1, 0.15) is 26.2 Å². The Balaban J connectivity index is 2.06. The minimum atomic E-state index is -4.17. The summed E-state index contributed by atoms with van der Waals surface area (Å²) in [5, 5.41) is 0. The standard InChI is InChI=1S/C21H46BN2O6P/c1-2-3-4-5-6-7-8-9-10-11-12-13-14-15-16-27-20-19(30-31(24,25)26)18(17-28-23)29-21(20)22/h18-21H,2-17,22-23H2,1H3,(H3,24,25,26)/t18-,19?,20?,21-/m1/s1. The van der Waals surface area contributed by atoms with E-state index in [1.807, 2.05) is 7.85 Å². The van der Waals surface area contributed by atoms with Crippen LogP contribution in [0.1, 0.15) is 96.8 Å². The van der Waals surface area contributed by atoms with Gasteiger partial charge >= 0.3 is 7.75 Å². The SMILES string of the molecule is B[C@@H]1O[C@H](CON)C(OP(N)(=O)O)C1OCCCCCCCCCCCCCCCC. The summed E-state index contributed by atoms with van der Waals surface area (Å²) in [4.78, 5) is 14.0. The lowest BCUT2D eigenvalue weighted by Gasteiger charge is -2.24. The van der Waals surface area contributed by atoms with Crippen molar-refractivity contribution in [1.82, 2.24) is 0 Å². The number of hydrogen-bond donors (Lipinski definition) is 3. The predicted octanol–water partition coefficient (Wildman–Crippen LogP) is 3.55. The topological polar surface area (TPSA) is 126 Å². The molecule has 0 aromatic heterocycles. The fourth-order valence-electron chi connectivity index (χ4n) is 4.19. The van der Waals surface area contributed by atoms with Crippen molar-refractivity contribution >= 4 is 15.6 Å². The van der Waals surface area contributed by atoms with Gasteiger partial charge in [-0.2, -0.15) is 0 Å². The van der Waals surface area contributed by atoms with Gasteiger partial charge in [-0.25, -0.2) is 16.0 Å². The molecule has 8 nitrogen and oxygen atoms in total. The number of hydrogen-bond acceptors (Lipinski definition) is 6. The van der Waals surface area contributed by atoms with E-state index in [1.165, 1.54) is 77.0 Å². The van der Waals surface area contributed by atoms with E-state index < -0.39 is 26.1 Å². The van der Waals surface area contributed by atoms with Crippen molar-refractivity contribution in [2.45, 2.75) is 121 Å². The second kappa shape index (κ2) is 17.5. The normalized spacial score (nSPS) is 25.7. The summed E-state index contributed by atoms with van der Waals surface area (Å²) < 4.78 is 28.3. The third kappa shape index (κ3) is 14.0. The average molecular weight is 464 g/mol. The van der Waals surface area contributed by atoms with Crippen LogP contribution in [0, 0.1) is 0 Å². The lowest BCUT2D eigenvalue weighted by atomic mass is 9.93. The van der Waals surface area contributed by atoms with E-state index in [2.05, 4.69) is 11.8 Å². The second-order valence-electron chi connectivity index (χ2n) is 8.78. The van der Waals surface area contributed by atoms with E-state index in [9.17, 15) is 9.46 Å². The Bertz CT molecular complexity index is 485. The molecule has 0 spiro atoms. The van der Waals surface area contributed by atoms with Gasteiger partial charge in [0.25, 0.3) is 0 Å². The van der Waals surface area contributed by atoms with Crippen molar-refractivity contribution in [3.05, 3.63) is 0 Å². The van der Waals surface area contributed by atoms with Crippen LogP contribution in [-0.4, -0.2) is 50.3 Å². The van der Waals surface area contributed by atoms with Gasteiger partial charge < -0.3 is 19.2 Å². The minimum Gasteiger partial charge on any atom is -0.376 e. The van der Waals surface area contributed by atoms with Crippen molar-refractivity contribution in [2.24, 2.45) is 11.4 Å². The molecule has 1 rings (SSSR count). The quantitative estimate of drug-likeness (QED) is 0.108. The molecule has 0 aliphatic carbocycles. The van der Waals surface area contributed by atoms with Crippen LogP contribution < -0.4 is 11.4 Å². The number of nitrogens with two attached hydrogens (primary N) is 2. The van der Waals surface area contributed by atoms with Crippen LogP contribution in [0.15, 0.2) is 0 Å². The molecule has 0 aromatic rings. The number of ether oxygens (including phenoxy) is 2. The van der Waals surface area contributed by atoms with Crippen LogP contribution in [-0.2, 0) is 23.4 Å². The smallest absolute Gasteiger partial charge is 0.376 e. The molecular formula is C21H46BN2O6P. The van der Waals surface area contributed by atoms with Crippen LogP contribution in [0.5, 0.6) is 0 Å². The molecule has 1 fully saturated rings. The van der Waals surface area contributed by atoms with Gasteiger partial charge in [-0.05, 0) is 6.42 Å². The lowest BCUT2D eigenvalue weighted by Crippen LogP contribution is -2.39. The highest BCUT2D eigenvalue weighted by molar-refractivity contribution is 7.50. The Morgan fingerprint density at radius 1 is 0.903 bits per heavy atom. The van der Waals surface area contributed by atoms with E-state index in [-0.39, 0.29) is 12.6 Å².